The van der Waals surface area contributed by atoms with Crippen molar-refractivity contribution in [3.63, 3.8) is 0 Å². The lowest BCUT2D eigenvalue weighted by Crippen LogP contribution is -2.36. The van der Waals surface area contributed by atoms with Crippen molar-refractivity contribution in [3.05, 3.63) is 17.5 Å². The van der Waals surface area contributed by atoms with Crippen molar-refractivity contribution in [3.8, 4) is 0 Å². The minimum atomic E-state index is 0.444. The van der Waals surface area contributed by atoms with Gasteiger partial charge in [0, 0.05) is 6.54 Å². The van der Waals surface area contributed by atoms with Gasteiger partial charge >= 0.3 is 0 Å². The molecular weight excluding hydrogens is 210 g/mol. The van der Waals surface area contributed by atoms with Crippen LogP contribution < -0.4 is 5.32 Å². The maximum atomic E-state index is 5.76. The van der Waals surface area contributed by atoms with Crippen molar-refractivity contribution < 1.29 is 0 Å². The molecule has 82 valence electrons. The lowest BCUT2D eigenvalue weighted by Gasteiger charge is -2.41. The maximum Gasteiger partial charge on any atom is 0.149 e. The molecule has 0 atom stereocenters. The van der Waals surface area contributed by atoms with E-state index in [2.05, 4.69) is 22.2 Å². The molecule has 15 heavy (non-hydrogen) atoms. The molecule has 3 nitrogen and oxygen atoms in total. The Morgan fingerprint density at radius 1 is 1.47 bits per heavy atom. The minimum Gasteiger partial charge on any atom is -0.368 e. The molecule has 1 heterocycles. The molecule has 2 rings (SSSR count). The van der Waals surface area contributed by atoms with Crippen LogP contribution in [0.5, 0.6) is 0 Å². The second-order valence-electron chi connectivity index (χ2n) is 4.29. The predicted molar refractivity (Wildman–Crippen MR) is 62.1 cm³/mol. The zero-order valence-corrected chi connectivity index (χ0v) is 9.72. The van der Waals surface area contributed by atoms with Crippen LogP contribution in [-0.4, -0.2) is 16.5 Å². The molecule has 1 saturated carbocycles. The van der Waals surface area contributed by atoms with Crippen molar-refractivity contribution in [1.82, 2.24) is 9.97 Å². The van der Waals surface area contributed by atoms with E-state index in [-0.39, 0.29) is 0 Å². The van der Waals surface area contributed by atoms with E-state index < -0.39 is 0 Å². The Labute approximate surface area is 95.3 Å². The molecule has 0 saturated heterocycles. The van der Waals surface area contributed by atoms with Gasteiger partial charge in [-0.25, -0.2) is 4.98 Å². The molecule has 1 aromatic heterocycles. The molecule has 0 amide bonds. The van der Waals surface area contributed by atoms with Crippen LogP contribution in [0.1, 0.15) is 32.6 Å². The van der Waals surface area contributed by atoms with Crippen LogP contribution in [0, 0.1) is 5.41 Å². The highest BCUT2D eigenvalue weighted by Crippen LogP contribution is 2.43. The third kappa shape index (κ3) is 2.40. The molecule has 0 spiro atoms. The van der Waals surface area contributed by atoms with Crippen LogP contribution >= 0.6 is 11.6 Å². The van der Waals surface area contributed by atoms with Gasteiger partial charge in [-0.1, -0.05) is 24.9 Å². The van der Waals surface area contributed by atoms with Crippen LogP contribution in [0.4, 0.5) is 5.82 Å². The normalized spacial score (nSPS) is 18.3. The smallest absolute Gasteiger partial charge is 0.149 e. The average molecular weight is 226 g/mol. The van der Waals surface area contributed by atoms with Gasteiger partial charge in [-0.2, -0.15) is 0 Å². The molecule has 1 fully saturated rings. The van der Waals surface area contributed by atoms with Crippen LogP contribution in [0.3, 0.4) is 0 Å². The summed E-state index contributed by atoms with van der Waals surface area (Å²) in [6.45, 7) is 3.24. The zero-order valence-electron chi connectivity index (χ0n) is 8.96. The number of anilines is 1. The molecule has 4 heteroatoms. The van der Waals surface area contributed by atoms with Crippen molar-refractivity contribution >= 4 is 17.4 Å². The third-order valence-corrected chi connectivity index (χ3v) is 3.60. The summed E-state index contributed by atoms with van der Waals surface area (Å²) < 4.78 is 0. The van der Waals surface area contributed by atoms with E-state index in [1.165, 1.54) is 25.7 Å². The van der Waals surface area contributed by atoms with Gasteiger partial charge in [0.1, 0.15) is 11.0 Å². The van der Waals surface area contributed by atoms with Crippen molar-refractivity contribution in [2.75, 3.05) is 11.9 Å². The molecule has 0 aliphatic heterocycles. The first-order valence-corrected chi connectivity index (χ1v) is 5.83. The highest BCUT2D eigenvalue weighted by atomic mass is 35.5. The number of aromatic nitrogens is 2. The number of hydrogen-bond acceptors (Lipinski definition) is 3. The van der Waals surface area contributed by atoms with Gasteiger partial charge in [-0.3, -0.25) is 4.98 Å². The Kier molecular flexibility index (Phi) is 3.10. The van der Waals surface area contributed by atoms with Crippen LogP contribution in [0.25, 0.3) is 0 Å². The van der Waals surface area contributed by atoms with Gasteiger partial charge in [0.2, 0.25) is 0 Å². The molecule has 1 aliphatic rings. The van der Waals surface area contributed by atoms with E-state index in [4.69, 9.17) is 11.6 Å². The Morgan fingerprint density at radius 3 is 2.80 bits per heavy atom. The Balaban J connectivity index is 1.92. The summed E-state index contributed by atoms with van der Waals surface area (Å²) in [5, 5.41) is 3.76. The number of rotatable bonds is 4. The highest BCUT2D eigenvalue weighted by Gasteiger charge is 2.34. The van der Waals surface area contributed by atoms with Crippen molar-refractivity contribution in [2.45, 2.75) is 32.6 Å². The summed E-state index contributed by atoms with van der Waals surface area (Å²) >= 11 is 5.76. The molecule has 1 aliphatic carbocycles. The van der Waals surface area contributed by atoms with Crippen LogP contribution in [-0.2, 0) is 0 Å². The fourth-order valence-corrected chi connectivity index (χ4v) is 2.18. The molecule has 0 aromatic carbocycles. The highest BCUT2D eigenvalue weighted by molar-refractivity contribution is 6.29. The Hall–Kier alpha value is -0.830. The van der Waals surface area contributed by atoms with E-state index in [9.17, 15) is 0 Å². The zero-order chi connectivity index (χ0) is 10.7. The molecule has 0 unspecified atom stereocenters. The van der Waals surface area contributed by atoms with E-state index >= 15 is 0 Å². The monoisotopic (exact) mass is 225 g/mol. The van der Waals surface area contributed by atoms with Gasteiger partial charge in [-0.15, -0.1) is 0 Å². The lowest BCUT2D eigenvalue weighted by molar-refractivity contribution is 0.145. The largest absolute Gasteiger partial charge is 0.368 e. The van der Waals surface area contributed by atoms with E-state index in [0.717, 1.165) is 12.4 Å². The summed E-state index contributed by atoms with van der Waals surface area (Å²) in [5.41, 5.74) is 0.490. The first-order valence-electron chi connectivity index (χ1n) is 5.45. The Morgan fingerprint density at radius 2 is 2.27 bits per heavy atom. The third-order valence-electron chi connectivity index (χ3n) is 3.41. The fourth-order valence-electron chi connectivity index (χ4n) is 2.04. The molecule has 1 N–H and O–H groups in total. The molecular formula is C11H16ClN3. The van der Waals surface area contributed by atoms with Crippen molar-refractivity contribution in [1.29, 1.82) is 0 Å². The first-order chi connectivity index (χ1) is 7.24. The van der Waals surface area contributed by atoms with Crippen LogP contribution in [0.15, 0.2) is 12.4 Å². The maximum absolute atomic E-state index is 5.76. The van der Waals surface area contributed by atoms with E-state index in [1.54, 1.807) is 12.4 Å². The molecule has 0 radical (unpaired) electrons. The van der Waals surface area contributed by atoms with Gasteiger partial charge < -0.3 is 5.32 Å². The van der Waals surface area contributed by atoms with Crippen LogP contribution in [0.2, 0.25) is 5.15 Å². The number of nitrogens with zero attached hydrogens (tertiary/aromatic N) is 2. The summed E-state index contributed by atoms with van der Waals surface area (Å²) in [6, 6.07) is 0. The second-order valence-corrected chi connectivity index (χ2v) is 4.67. The standard InChI is InChI=1S/C11H16ClN3/c1-2-11(4-3-5-11)8-14-10-7-13-6-9(12)15-10/h6-7H,2-5,8H2,1H3,(H,14,15). The first kappa shape index (κ1) is 10.7. The van der Waals surface area contributed by atoms with Gasteiger partial charge in [0.25, 0.3) is 0 Å². The number of nitrogens with one attached hydrogen (secondary N) is 1. The number of hydrogen-bond donors (Lipinski definition) is 1. The minimum absolute atomic E-state index is 0.444. The van der Waals surface area contributed by atoms with Gasteiger partial charge in [0.15, 0.2) is 0 Å². The van der Waals surface area contributed by atoms with Gasteiger partial charge in [-0.05, 0) is 24.7 Å². The van der Waals surface area contributed by atoms with Gasteiger partial charge in [0.05, 0.1) is 12.4 Å². The summed E-state index contributed by atoms with van der Waals surface area (Å²) in [5.74, 6) is 0.780. The van der Waals surface area contributed by atoms with E-state index in [1.807, 2.05) is 0 Å². The lowest BCUT2D eigenvalue weighted by atomic mass is 9.67. The van der Waals surface area contributed by atoms with Crippen molar-refractivity contribution in [2.24, 2.45) is 5.41 Å². The van der Waals surface area contributed by atoms with E-state index in [0.29, 0.717) is 10.6 Å². The average Bonchev–Trinajstić information content (AvgIpc) is 2.17. The topological polar surface area (TPSA) is 37.8 Å². The summed E-state index contributed by atoms with van der Waals surface area (Å²) in [4.78, 5) is 8.16. The SMILES string of the molecule is CCC1(CNc2cncc(Cl)n2)CCC1. The molecule has 0 bridgehead atoms. The summed E-state index contributed by atoms with van der Waals surface area (Å²) in [6.07, 6.45) is 8.50. The number of halogens is 1. The summed E-state index contributed by atoms with van der Waals surface area (Å²) in [7, 11) is 0. The Bertz CT molecular complexity index is 331. The quantitative estimate of drug-likeness (QED) is 0.856. The molecule has 1 aromatic rings. The second kappa shape index (κ2) is 4.35. The predicted octanol–water partition coefficient (Wildman–Crippen LogP) is 3.12. The fraction of sp³-hybridized carbons (Fsp3) is 0.636.